The lowest BCUT2D eigenvalue weighted by molar-refractivity contribution is 0.580. The quantitative estimate of drug-likeness (QED) is 0.450. The number of nitrogens with zero attached hydrogens (tertiary/aromatic N) is 7. The first-order valence-corrected chi connectivity index (χ1v) is 10.3. The molecule has 0 fully saturated rings. The molecule has 0 aliphatic carbocycles. The third-order valence-electron chi connectivity index (χ3n) is 5.55. The molecule has 0 aliphatic heterocycles. The number of nitrogen functional groups attached to an aromatic ring is 1. The molecule has 1 atom stereocenters. The fraction of sp³-hybridized carbons (Fsp3) is 0.125. The molecule has 2 N–H and O–H groups in total. The van der Waals surface area contributed by atoms with E-state index in [1.54, 1.807) is 41.3 Å². The predicted octanol–water partition coefficient (Wildman–Crippen LogP) is 4.19. The Kier molecular flexibility index (Phi) is 4.83. The van der Waals surface area contributed by atoms with Crippen molar-refractivity contribution >= 4 is 16.9 Å². The number of aryl methyl sites for hydroxylation is 1. The summed E-state index contributed by atoms with van der Waals surface area (Å²) in [4.78, 5) is 8.58. The molecular formula is C24H19FN8. The zero-order valence-corrected chi connectivity index (χ0v) is 17.9. The molecule has 3 heterocycles. The Morgan fingerprint density at radius 3 is 2.76 bits per heavy atom. The summed E-state index contributed by atoms with van der Waals surface area (Å²) in [5.74, 6) is -0.0598. The fourth-order valence-corrected chi connectivity index (χ4v) is 3.91. The molecule has 162 valence electrons. The van der Waals surface area contributed by atoms with Crippen LogP contribution in [0.3, 0.4) is 0 Å². The van der Waals surface area contributed by atoms with Crippen LogP contribution in [-0.4, -0.2) is 29.5 Å². The molecule has 8 nitrogen and oxygen atoms in total. The number of anilines is 1. The van der Waals surface area contributed by atoms with Crippen molar-refractivity contribution in [1.82, 2.24) is 29.5 Å². The number of nitrogens with two attached hydrogens (primary N) is 1. The molecule has 33 heavy (non-hydrogen) atoms. The van der Waals surface area contributed by atoms with E-state index < -0.39 is 0 Å². The van der Waals surface area contributed by atoms with Gasteiger partial charge in [-0.25, -0.2) is 23.7 Å². The molecule has 5 rings (SSSR count). The van der Waals surface area contributed by atoms with Crippen LogP contribution in [0.15, 0.2) is 61.2 Å². The van der Waals surface area contributed by atoms with E-state index in [2.05, 4.69) is 21.1 Å². The number of rotatable bonds is 4. The van der Waals surface area contributed by atoms with Crippen molar-refractivity contribution in [2.24, 2.45) is 0 Å². The highest BCUT2D eigenvalue weighted by Crippen LogP contribution is 2.34. The van der Waals surface area contributed by atoms with Crippen LogP contribution in [0.25, 0.3) is 28.0 Å². The maximum Gasteiger partial charge on any atom is 0.164 e. The van der Waals surface area contributed by atoms with E-state index >= 15 is 0 Å². The first-order chi connectivity index (χ1) is 16.0. The van der Waals surface area contributed by atoms with Gasteiger partial charge in [0, 0.05) is 17.3 Å². The second-order valence-electron chi connectivity index (χ2n) is 7.80. The standard InChI is InChI=1S/C24H19FN8/c1-14-7-16(10-26)9-17(8-14)22-21-23(27)28-13-29-24(21)33(31-22)15(2)18-11-30-32(12-18)20-6-4-3-5-19(20)25/h3-9,11-13,15H,1-2H3,(H2,27,28,29). The Hall–Kier alpha value is -4.58. The Labute approximate surface area is 188 Å². The Balaban J connectivity index is 1.65. The SMILES string of the molecule is Cc1cc(C#N)cc(-c2nn(C(C)c3cnn(-c4ccccc4F)c3)c3ncnc(N)c23)c1. The number of para-hydroxylation sites is 1. The minimum Gasteiger partial charge on any atom is -0.383 e. The van der Waals surface area contributed by atoms with Crippen molar-refractivity contribution in [3.05, 3.63) is 83.7 Å². The van der Waals surface area contributed by atoms with Crippen molar-refractivity contribution in [2.75, 3.05) is 5.73 Å². The molecule has 0 spiro atoms. The van der Waals surface area contributed by atoms with Gasteiger partial charge in [-0.2, -0.15) is 15.5 Å². The smallest absolute Gasteiger partial charge is 0.164 e. The van der Waals surface area contributed by atoms with Gasteiger partial charge in [-0.05, 0) is 49.7 Å². The molecule has 0 amide bonds. The second-order valence-corrected chi connectivity index (χ2v) is 7.80. The van der Waals surface area contributed by atoms with Crippen LogP contribution >= 0.6 is 0 Å². The summed E-state index contributed by atoms with van der Waals surface area (Å²) in [5, 5.41) is 19.2. The lowest BCUT2D eigenvalue weighted by atomic mass is 10.0. The molecule has 5 aromatic rings. The zero-order chi connectivity index (χ0) is 23.1. The van der Waals surface area contributed by atoms with Gasteiger partial charge < -0.3 is 5.73 Å². The fourth-order valence-electron chi connectivity index (χ4n) is 3.91. The summed E-state index contributed by atoms with van der Waals surface area (Å²) in [6.45, 7) is 3.87. The number of nitriles is 1. The van der Waals surface area contributed by atoms with E-state index in [1.165, 1.54) is 17.1 Å². The summed E-state index contributed by atoms with van der Waals surface area (Å²) in [6.07, 6.45) is 4.84. The normalized spacial score (nSPS) is 12.1. The molecule has 1 unspecified atom stereocenters. The van der Waals surface area contributed by atoms with Crippen LogP contribution in [0.5, 0.6) is 0 Å². The lowest BCUT2D eigenvalue weighted by Crippen LogP contribution is -2.09. The van der Waals surface area contributed by atoms with Gasteiger partial charge in [0.05, 0.1) is 29.3 Å². The number of hydrogen-bond acceptors (Lipinski definition) is 6. The van der Waals surface area contributed by atoms with Crippen molar-refractivity contribution in [3.8, 4) is 23.0 Å². The number of hydrogen-bond donors (Lipinski definition) is 1. The Morgan fingerprint density at radius 1 is 1.15 bits per heavy atom. The van der Waals surface area contributed by atoms with Gasteiger partial charge in [0.1, 0.15) is 29.3 Å². The van der Waals surface area contributed by atoms with Gasteiger partial charge in [-0.1, -0.05) is 12.1 Å². The molecule has 3 aromatic heterocycles. The molecule has 9 heteroatoms. The third kappa shape index (κ3) is 3.47. The van der Waals surface area contributed by atoms with E-state index in [0.29, 0.717) is 33.8 Å². The highest BCUT2D eigenvalue weighted by molar-refractivity contribution is 5.98. The molecular weight excluding hydrogens is 419 g/mol. The summed E-state index contributed by atoms with van der Waals surface area (Å²) < 4.78 is 17.5. The number of fused-ring (bicyclic) bond motifs is 1. The van der Waals surface area contributed by atoms with Gasteiger partial charge >= 0.3 is 0 Å². The molecule has 0 radical (unpaired) electrons. The van der Waals surface area contributed by atoms with Crippen LogP contribution in [0.1, 0.15) is 29.7 Å². The Morgan fingerprint density at radius 2 is 1.97 bits per heavy atom. The first kappa shape index (κ1) is 20.3. The van der Waals surface area contributed by atoms with E-state index in [0.717, 1.165) is 16.7 Å². The summed E-state index contributed by atoms with van der Waals surface area (Å²) in [7, 11) is 0. The maximum absolute atomic E-state index is 14.2. The van der Waals surface area contributed by atoms with E-state index in [-0.39, 0.29) is 11.9 Å². The van der Waals surface area contributed by atoms with Crippen LogP contribution in [0.2, 0.25) is 0 Å². The predicted molar refractivity (Wildman–Crippen MR) is 122 cm³/mol. The largest absolute Gasteiger partial charge is 0.383 e. The van der Waals surface area contributed by atoms with Crippen LogP contribution in [0.4, 0.5) is 10.2 Å². The van der Waals surface area contributed by atoms with Gasteiger partial charge in [0.2, 0.25) is 0 Å². The molecule has 2 aromatic carbocycles. The van der Waals surface area contributed by atoms with E-state index in [9.17, 15) is 9.65 Å². The summed E-state index contributed by atoms with van der Waals surface area (Å²) >= 11 is 0. The molecule has 0 saturated carbocycles. The van der Waals surface area contributed by atoms with Crippen LogP contribution in [-0.2, 0) is 0 Å². The van der Waals surface area contributed by atoms with Crippen LogP contribution < -0.4 is 5.73 Å². The number of benzene rings is 2. The van der Waals surface area contributed by atoms with Crippen LogP contribution in [0, 0.1) is 24.1 Å². The maximum atomic E-state index is 14.2. The highest BCUT2D eigenvalue weighted by Gasteiger charge is 2.22. The summed E-state index contributed by atoms with van der Waals surface area (Å²) in [6, 6.07) is 13.9. The first-order valence-electron chi connectivity index (χ1n) is 10.3. The Bertz CT molecular complexity index is 1540. The van der Waals surface area contributed by atoms with Crippen molar-refractivity contribution < 1.29 is 4.39 Å². The molecule has 0 bridgehead atoms. The van der Waals surface area contributed by atoms with Gasteiger partial charge in [0.25, 0.3) is 0 Å². The average Bonchev–Trinajstić information content (AvgIpc) is 3.45. The summed E-state index contributed by atoms with van der Waals surface area (Å²) in [5.41, 5.74) is 10.8. The minimum atomic E-state index is -0.361. The van der Waals surface area contributed by atoms with E-state index in [4.69, 9.17) is 10.8 Å². The van der Waals surface area contributed by atoms with E-state index in [1.807, 2.05) is 26.0 Å². The minimum absolute atomic E-state index is 0.281. The number of aromatic nitrogens is 6. The lowest BCUT2D eigenvalue weighted by Gasteiger charge is -2.11. The van der Waals surface area contributed by atoms with Crippen molar-refractivity contribution in [1.29, 1.82) is 5.26 Å². The third-order valence-corrected chi connectivity index (χ3v) is 5.55. The van der Waals surface area contributed by atoms with Gasteiger partial charge in [-0.15, -0.1) is 0 Å². The monoisotopic (exact) mass is 438 g/mol. The van der Waals surface area contributed by atoms with Gasteiger partial charge in [-0.3, -0.25) is 0 Å². The van der Waals surface area contributed by atoms with Crippen molar-refractivity contribution in [2.45, 2.75) is 19.9 Å². The highest BCUT2D eigenvalue weighted by atomic mass is 19.1. The van der Waals surface area contributed by atoms with Crippen molar-refractivity contribution in [3.63, 3.8) is 0 Å². The van der Waals surface area contributed by atoms with Gasteiger partial charge in [0.15, 0.2) is 5.65 Å². The zero-order valence-electron chi connectivity index (χ0n) is 17.9. The topological polar surface area (TPSA) is 111 Å². The molecule has 0 saturated heterocycles. The average molecular weight is 438 g/mol. The second kappa shape index (κ2) is 7.84. The number of halogens is 1. The molecule has 0 aliphatic rings.